The second kappa shape index (κ2) is 8.42. The fourth-order valence-electron chi connectivity index (χ4n) is 1.50. The maximum Gasteiger partial charge on any atom is 0.240 e. The first-order chi connectivity index (χ1) is 9.92. The molecule has 0 saturated heterocycles. The first kappa shape index (κ1) is 17.2. The van der Waals surface area contributed by atoms with E-state index in [1.54, 1.807) is 18.2 Å². The highest BCUT2D eigenvalue weighted by atomic mass is 35.5. The molecule has 0 bridgehead atoms. The number of nitrogens with zero attached hydrogens (tertiary/aromatic N) is 1. The number of carbonyl (C=O) groups excluding carboxylic acids is 2. The molecule has 0 spiro atoms. The number of halogens is 1. The molecule has 2 N–H and O–H groups in total. The van der Waals surface area contributed by atoms with E-state index in [-0.39, 0.29) is 24.7 Å². The molecule has 0 aromatic heterocycles. The molecule has 1 rings (SSSR count). The molecule has 5 nitrogen and oxygen atoms in total. The topological polar surface area (TPSA) is 70.6 Å². The van der Waals surface area contributed by atoms with Gasteiger partial charge in [0.1, 0.15) is 0 Å². The van der Waals surface area contributed by atoms with E-state index >= 15 is 0 Å². The van der Waals surface area contributed by atoms with Gasteiger partial charge in [-0.1, -0.05) is 18.5 Å². The molecule has 0 unspecified atom stereocenters. The van der Waals surface area contributed by atoms with Crippen molar-refractivity contribution in [3.05, 3.63) is 28.8 Å². The molecule has 21 heavy (non-hydrogen) atoms. The molecule has 6 heteroatoms. The Labute approximate surface area is 129 Å². The highest BCUT2D eigenvalue weighted by molar-refractivity contribution is 6.30. The fourth-order valence-corrected chi connectivity index (χ4v) is 1.73. The maximum absolute atomic E-state index is 11.8. The van der Waals surface area contributed by atoms with E-state index in [0.717, 1.165) is 17.7 Å². The van der Waals surface area contributed by atoms with Crippen LogP contribution in [0.2, 0.25) is 5.02 Å². The van der Waals surface area contributed by atoms with Crippen molar-refractivity contribution in [3.63, 3.8) is 0 Å². The van der Waals surface area contributed by atoms with Crippen molar-refractivity contribution < 1.29 is 9.59 Å². The zero-order valence-electron chi connectivity index (χ0n) is 12.5. The molecule has 0 fully saturated rings. The van der Waals surface area contributed by atoms with E-state index in [2.05, 4.69) is 15.8 Å². The van der Waals surface area contributed by atoms with Crippen LogP contribution in [0.25, 0.3) is 0 Å². The molecule has 0 aliphatic heterocycles. The number of aryl methyl sites for hydroxylation is 1. The predicted octanol–water partition coefficient (Wildman–Crippen LogP) is 3.27. The lowest BCUT2D eigenvalue weighted by Gasteiger charge is -2.08. The number of amides is 2. The summed E-state index contributed by atoms with van der Waals surface area (Å²) < 4.78 is 0. The minimum atomic E-state index is -0.272. The second-order valence-electron chi connectivity index (χ2n) is 4.74. The monoisotopic (exact) mass is 309 g/mol. The summed E-state index contributed by atoms with van der Waals surface area (Å²) in [7, 11) is 0. The Hall–Kier alpha value is -1.88. The average Bonchev–Trinajstić information content (AvgIpc) is 2.45. The Balaban J connectivity index is 2.42. The molecular weight excluding hydrogens is 290 g/mol. The average molecular weight is 310 g/mol. The van der Waals surface area contributed by atoms with Gasteiger partial charge >= 0.3 is 0 Å². The Morgan fingerprint density at radius 3 is 2.52 bits per heavy atom. The third-order valence-corrected chi connectivity index (χ3v) is 3.16. The lowest BCUT2D eigenvalue weighted by molar-refractivity contribution is -0.124. The van der Waals surface area contributed by atoms with Crippen molar-refractivity contribution in [2.45, 2.75) is 40.0 Å². The van der Waals surface area contributed by atoms with E-state index in [1.165, 1.54) is 0 Å². The maximum atomic E-state index is 11.8. The van der Waals surface area contributed by atoms with Crippen molar-refractivity contribution in [1.82, 2.24) is 5.43 Å². The van der Waals surface area contributed by atoms with Gasteiger partial charge in [0.2, 0.25) is 11.8 Å². The molecule has 0 atom stereocenters. The van der Waals surface area contributed by atoms with Crippen LogP contribution in [-0.2, 0) is 9.59 Å². The molecular formula is C15H20ClN3O2. The fraction of sp³-hybridized carbons (Fsp3) is 0.400. The normalized spacial score (nSPS) is 11.1. The highest BCUT2D eigenvalue weighted by Gasteiger charge is 2.08. The van der Waals surface area contributed by atoms with Gasteiger partial charge in [-0.15, -0.1) is 0 Å². The van der Waals surface area contributed by atoms with Crippen LogP contribution in [0, 0.1) is 6.92 Å². The lowest BCUT2D eigenvalue weighted by Crippen LogP contribution is -2.21. The molecule has 1 aromatic carbocycles. The number of benzene rings is 1. The van der Waals surface area contributed by atoms with Gasteiger partial charge in [-0.2, -0.15) is 5.10 Å². The number of hydrazone groups is 1. The number of hydrogen-bond donors (Lipinski definition) is 2. The summed E-state index contributed by atoms with van der Waals surface area (Å²) in [5.41, 5.74) is 4.84. The van der Waals surface area contributed by atoms with Crippen LogP contribution in [-0.4, -0.2) is 17.5 Å². The number of rotatable bonds is 6. The van der Waals surface area contributed by atoms with Gasteiger partial charge in [0.05, 0.1) is 0 Å². The van der Waals surface area contributed by atoms with Crippen LogP contribution in [0.15, 0.2) is 23.3 Å². The van der Waals surface area contributed by atoms with Crippen molar-refractivity contribution in [3.8, 4) is 0 Å². The minimum Gasteiger partial charge on any atom is -0.326 e. The van der Waals surface area contributed by atoms with Crippen LogP contribution in [0.4, 0.5) is 5.69 Å². The first-order valence-corrected chi connectivity index (χ1v) is 7.18. The highest BCUT2D eigenvalue weighted by Crippen LogP contribution is 2.19. The summed E-state index contributed by atoms with van der Waals surface area (Å²) >= 11 is 5.85. The molecule has 0 aliphatic carbocycles. The van der Waals surface area contributed by atoms with Gasteiger partial charge in [-0.3, -0.25) is 9.59 Å². The van der Waals surface area contributed by atoms with Crippen LogP contribution < -0.4 is 10.7 Å². The molecule has 1 aromatic rings. The third-order valence-electron chi connectivity index (χ3n) is 2.92. The van der Waals surface area contributed by atoms with Gasteiger partial charge in [0.15, 0.2) is 0 Å². The Morgan fingerprint density at radius 1 is 1.24 bits per heavy atom. The zero-order valence-corrected chi connectivity index (χ0v) is 13.3. The van der Waals surface area contributed by atoms with Crippen LogP contribution in [0.5, 0.6) is 0 Å². The summed E-state index contributed by atoms with van der Waals surface area (Å²) in [5.74, 6) is -0.488. The molecule has 2 amide bonds. The quantitative estimate of drug-likeness (QED) is 0.625. The van der Waals surface area contributed by atoms with Gasteiger partial charge in [0.25, 0.3) is 0 Å². The van der Waals surface area contributed by atoms with Crippen molar-refractivity contribution >= 4 is 34.8 Å². The van der Waals surface area contributed by atoms with Crippen molar-refractivity contribution in [1.29, 1.82) is 0 Å². The minimum absolute atomic E-state index is 0.0962. The standard InChI is InChI=1S/C15H20ClN3O2/c1-4-11(3)18-19-15(21)8-7-14(20)17-13-6-5-12(16)9-10(13)2/h5-6,9H,4,7-8H2,1-3H3,(H,17,20)(H,19,21). The molecule has 0 saturated carbocycles. The Kier molecular flexibility index (Phi) is 6.88. The summed E-state index contributed by atoms with van der Waals surface area (Å²) in [6.45, 7) is 5.64. The zero-order chi connectivity index (χ0) is 15.8. The summed E-state index contributed by atoms with van der Waals surface area (Å²) in [5, 5.41) is 7.27. The molecule has 0 heterocycles. The summed E-state index contributed by atoms with van der Waals surface area (Å²) in [6.07, 6.45) is 0.976. The number of nitrogens with one attached hydrogen (secondary N) is 2. The van der Waals surface area contributed by atoms with E-state index in [1.807, 2.05) is 20.8 Å². The van der Waals surface area contributed by atoms with E-state index in [4.69, 9.17) is 11.6 Å². The number of anilines is 1. The first-order valence-electron chi connectivity index (χ1n) is 6.80. The SMILES string of the molecule is CCC(C)=NNC(=O)CCC(=O)Nc1ccc(Cl)cc1C. The smallest absolute Gasteiger partial charge is 0.240 e. The van der Waals surface area contributed by atoms with Crippen molar-refractivity contribution in [2.24, 2.45) is 5.10 Å². The number of hydrogen-bond acceptors (Lipinski definition) is 3. The lowest BCUT2D eigenvalue weighted by atomic mass is 10.2. The van der Waals surface area contributed by atoms with Gasteiger partial charge in [-0.05, 0) is 44.0 Å². The summed E-state index contributed by atoms with van der Waals surface area (Å²) in [6, 6.07) is 5.22. The van der Waals surface area contributed by atoms with Gasteiger partial charge < -0.3 is 5.32 Å². The van der Waals surface area contributed by atoms with Crippen LogP contribution in [0.1, 0.15) is 38.7 Å². The Bertz CT molecular complexity index is 556. The van der Waals surface area contributed by atoms with Crippen LogP contribution in [0.3, 0.4) is 0 Å². The number of carbonyl (C=O) groups is 2. The molecule has 114 valence electrons. The van der Waals surface area contributed by atoms with E-state index in [0.29, 0.717) is 10.7 Å². The largest absolute Gasteiger partial charge is 0.326 e. The van der Waals surface area contributed by atoms with Gasteiger partial charge in [0, 0.05) is 29.3 Å². The Morgan fingerprint density at radius 2 is 1.90 bits per heavy atom. The van der Waals surface area contributed by atoms with Gasteiger partial charge in [-0.25, -0.2) is 5.43 Å². The third kappa shape index (κ3) is 6.40. The van der Waals surface area contributed by atoms with Crippen molar-refractivity contribution in [2.75, 3.05) is 5.32 Å². The van der Waals surface area contributed by atoms with E-state index in [9.17, 15) is 9.59 Å². The predicted molar refractivity (Wildman–Crippen MR) is 85.6 cm³/mol. The van der Waals surface area contributed by atoms with Crippen LogP contribution >= 0.6 is 11.6 Å². The summed E-state index contributed by atoms with van der Waals surface area (Å²) in [4.78, 5) is 23.3. The van der Waals surface area contributed by atoms with E-state index < -0.39 is 0 Å². The molecule has 0 aliphatic rings. The second-order valence-corrected chi connectivity index (χ2v) is 5.18. The molecule has 0 radical (unpaired) electrons.